The summed E-state index contributed by atoms with van der Waals surface area (Å²) >= 11 is 0. The second-order valence-corrected chi connectivity index (χ2v) is 4.90. The van der Waals surface area contributed by atoms with E-state index >= 15 is 0 Å². The van der Waals surface area contributed by atoms with Crippen molar-refractivity contribution in [1.29, 1.82) is 0 Å². The van der Waals surface area contributed by atoms with E-state index in [0.29, 0.717) is 25.3 Å². The number of allylic oxidation sites excluding steroid dienone is 2. The molecule has 0 spiro atoms. The monoisotopic (exact) mass is 274 g/mol. The lowest BCUT2D eigenvalue weighted by Gasteiger charge is -2.19. The van der Waals surface area contributed by atoms with E-state index in [4.69, 9.17) is 9.47 Å². The Labute approximate surface area is 117 Å². The van der Waals surface area contributed by atoms with Crippen molar-refractivity contribution in [3.8, 4) is 11.5 Å². The molecule has 0 unspecified atom stereocenters. The number of hydrogen-bond donors (Lipinski definition) is 2. The smallest absolute Gasteiger partial charge is 0.180 e. The van der Waals surface area contributed by atoms with Crippen LogP contribution in [0.2, 0.25) is 0 Å². The molecule has 0 bridgehead atoms. The summed E-state index contributed by atoms with van der Waals surface area (Å²) < 4.78 is 11.0. The Morgan fingerprint density at radius 2 is 1.85 bits per heavy atom. The number of ether oxygens (including phenoxy) is 2. The van der Waals surface area contributed by atoms with Gasteiger partial charge in [0.2, 0.25) is 0 Å². The van der Waals surface area contributed by atoms with Crippen LogP contribution in [-0.4, -0.2) is 19.0 Å². The highest BCUT2D eigenvalue weighted by Crippen LogP contribution is 2.32. The number of carbonyl (C=O) groups excluding carboxylic acids is 1. The Kier molecular flexibility index (Phi) is 3.76. The Balaban J connectivity index is 1.66. The first kappa shape index (κ1) is 12.8. The van der Waals surface area contributed by atoms with Crippen LogP contribution in [0.5, 0.6) is 11.5 Å². The largest absolute Gasteiger partial charge is 0.486 e. The van der Waals surface area contributed by atoms with E-state index in [1.807, 2.05) is 24.3 Å². The Hall–Kier alpha value is -2.17. The van der Waals surface area contributed by atoms with Gasteiger partial charge < -0.3 is 14.9 Å². The van der Waals surface area contributed by atoms with E-state index in [2.05, 4.69) is 10.9 Å². The summed E-state index contributed by atoms with van der Waals surface area (Å²) in [6.45, 7) is 1.15. The SMILES string of the molecule is O=C1CCCCC=C1NNc1ccc2c(c1)OCCO2. The van der Waals surface area contributed by atoms with Crippen LogP contribution in [0.4, 0.5) is 5.69 Å². The molecule has 0 amide bonds. The summed E-state index contributed by atoms with van der Waals surface area (Å²) in [5.41, 5.74) is 7.54. The molecule has 2 aliphatic rings. The number of ketones is 1. The molecule has 1 aliphatic heterocycles. The first-order chi connectivity index (χ1) is 9.83. The van der Waals surface area contributed by atoms with Crippen molar-refractivity contribution >= 4 is 11.5 Å². The molecule has 0 radical (unpaired) electrons. The molecule has 2 N–H and O–H groups in total. The van der Waals surface area contributed by atoms with E-state index in [9.17, 15) is 4.79 Å². The van der Waals surface area contributed by atoms with E-state index in [1.54, 1.807) is 0 Å². The van der Waals surface area contributed by atoms with Crippen LogP contribution in [-0.2, 0) is 4.79 Å². The quantitative estimate of drug-likeness (QED) is 0.829. The maximum absolute atomic E-state index is 11.9. The number of benzene rings is 1. The van der Waals surface area contributed by atoms with Crippen LogP contribution in [0.3, 0.4) is 0 Å². The van der Waals surface area contributed by atoms with Crippen LogP contribution in [0.25, 0.3) is 0 Å². The van der Waals surface area contributed by atoms with Crippen LogP contribution in [0.15, 0.2) is 30.0 Å². The second kappa shape index (κ2) is 5.86. The van der Waals surface area contributed by atoms with Gasteiger partial charge in [0, 0.05) is 12.5 Å². The van der Waals surface area contributed by atoms with E-state index in [0.717, 1.165) is 36.4 Å². The molecule has 0 atom stereocenters. The van der Waals surface area contributed by atoms with Gasteiger partial charge >= 0.3 is 0 Å². The van der Waals surface area contributed by atoms with Crippen molar-refractivity contribution in [3.63, 3.8) is 0 Å². The molecular formula is C15H18N2O3. The van der Waals surface area contributed by atoms with Gasteiger partial charge in [-0.2, -0.15) is 0 Å². The maximum Gasteiger partial charge on any atom is 0.180 e. The average molecular weight is 274 g/mol. The number of hydrazine groups is 1. The Morgan fingerprint density at radius 1 is 1.00 bits per heavy atom. The van der Waals surface area contributed by atoms with Crippen molar-refractivity contribution in [2.24, 2.45) is 0 Å². The average Bonchev–Trinajstić information content (AvgIpc) is 2.69. The molecular weight excluding hydrogens is 256 g/mol. The molecule has 106 valence electrons. The standard InChI is InChI=1S/C15H18N2O3/c18-13-5-3-1-2-4-12(13)17-16-11-6-7-14-15(10-11)20-9-8-19-14/h4,6-7,10,16-17H,1-3,5,8-9H2. The minimum absolute atomic E-state index is 0.160. The van der Waals surface area contributed by atoms with Crippen LogP contribution in [0.1, 0.15) is 25.7 Å². The van der Waals surface area contributed by atoms with Crippen molar-refractivity contribution in [2.45, 2.75) is 25.7 Å². The Bertz CT molecular complexity index is 540. The topological polar surface area (TPSA) is 59.6 Å². The van der Waals surface area contributed by atoms with Crippen LogP contribution in [0, 0.1) is 0 Å². The molecule has 0 saturated carbocycles. The number of fused-ring (bicyclic) bond motifs is 1. The van der Waals surface area contributed by atoms with E-state index < -0.39 is 0 Å². The normalized spacial score (nSPS) is 18.0. The van der Waals surface area contributed by atoms with Gasteiger partial charge in [-0.15, -0.1) is 0 Å². The Morgan fingerprint density at radius 3 is 2.75 bits per heavy atom. The van der Waals surface area contributed by atoms with Gasteiger partial charge in [0.1, 0.15) is 13.2 Å². The predicted octanol–water partition coefficient (Wildman–Crippen LogP) is 2.40. The third-order valence-corrected chi connectivity index (χ3v) is 3.39. The van der Waals surface area contributed by atoms with Gasteiger partial charge in [0.05, 0.1) is 11.4 Å². The molecule has 0 saturated heterocycles. The predicted molar refractivity (Wildman–Crippen MR) is 75.7 cm³/mol. The fourth-order valence-corrected chi connectivity index (χ4v) is 2.31. The zero-order valence-electron chi connectivity index (χ0n) is 11.3. The first-order valence-electron chi connectivity index (χ1n) is 6.98. The van der Waals surface area contributed by atoms with Gasteiger partial charge in [-0.05, 0) is 31.4 Å². The summed E-state index contributed by atoms with van der Waals surface area (Å²) in [5.74, 6) is 1.64. The summed E-state index contributed by atoms with van der Waals surface area (Å²) in [6.07, 6.45) is 5.55. The van der Waals surface area contributed by atoms with Gasteiger partial charge in [0.25, 0.3) is 0 Å². The van der Waals surface area contributed by atoms with Gasteiger partial charge in [-0.1, -0.05) is 6.08 Å². The summed E-state index contributed by atoms with van der Waals surface area (Å²) in [4.78, 5) is 11.9. The highest BCUT2D eigenvalue weighted by molar-refractivity contribution is 5.95. The number of carbonyl (C=O) groups is 1. The third kappa shape index (κ3) is 2.87. The van der Waals surface area contributed by atoms with E-state index in [-0.39, 0.29) is 5.78 Å². The van der Waals surface area contributed by atoms with E-state index in [1.165, 1.54) is 0 Å². The van der Waals surface area contributed by atoms with Crippen molar-refractivity contribution in [1.82, 2.24) is 5.43 Å². The maximum atomic E-state index is 11.9. The number of anilines is 1. The molecule has 5 heteroatoms. The lowest BCUT2D eigenvalue weighted by atomic mass is 10.2. The van der Waals surface area contributed by atoms with Crippen molar-refractivity contribution in [3.05, 3.63) is 30.0 Å². The van der Waals surface area contributed by atoms with Gasteiger partial charge in [-0.25, -0.2) is 0 Å². The molecule has 0 fully saturated rings. The van der Waals surface area contributed by atoms with Gasteiger partial charge in [0.15, 0.2) is 17.3 Å². The fourth-order valence-electron chi connectivity index (χ4n) is 2.31. The number of hydrogen-bond acceptors (Lipinski definition) is 5. The zero-order chi connectivity index (χ0) is 13.8. The molecule has 1 aromatic rings. The number of rotatable bonds is 3. The fraction of sp³-hybridized carbons (Fsp3) is 0.400. The molecule has 0 aromatic heterocycles. The number of nitrogens with one attached hydrogen (secondary N) is 2. The molecule has 5 nitrogen and oxygen atoms in total. The molecule has 20 heavy (non-hydrogen) atoms. The summed E-state index contributed by atoms with van der Waals surface area (Å²) in [7, 11) is 0. The molecule has 1 heterocycles. The number of Topliss-reactive ketones (excluding diaryl/α,β-unsaturated/α-hetero) is 1. The molecule has 3 rings (SSSR count). The van der Waals surface area contributed by atoms with Crippen molar-refractivity contribution in [2.75, 3.05) is 18.6 Å². The van der Waals surface area contributed by atoms with Crippen LogP contribution >= 0.6 is 0 Å². The van der Waals surface area contributed by atoms with Crippen molar-refractivity contribution < 1.29 is 14.3 Å². The van der Waals surface area contributed by atoms with Gasteiger partial charge in [-0.3, -0.25) is 10.2 Å². The molecule has 1 aliphatic carbocycles. The minimum atomic E-state index is 0.160. The zero-order valence-corrected chi connectivity index (χ0v) is 11.3. The summed E-state index contributed by atoms with van der Waals surface area (Å²) in [5, 5.41) is 0. The highest BCUT2D eigenvalue weighted by atomic mass is 16.6. The second-order valence-electron chi connectivity index (χ2n) is 4.90. The third-order valence-electron chi connectivity index (χ3n) is 3.39. The lowest BCUT2D eigenvalue weighted by Crippen LogP contribution is -2.26. The summed E-state index contributed by atoms with van der Waals surface area (Å²) in [6, 6.07) is 5.62. The lowest BCUT2D eigenvalue weighted by molar-refractivity contribution is -0.115. The highest BCUT2D eigenvalue weighted by Gasteiger charge is 2.14. The molecule has 1 aromatic carbocycles. The minimum Gasteiger partial charge on any atom is -0.486 e. The van der Waals surface area contributed by atoms with Crippen LogP contribution < -0.4 is 20.3 Å². The first-order valence-corrected chi connectivity index (χ1v) is 6.98.